The maximum Gasteiger partial charge on any atom is 0.191 e. The van der Waals surface area contributed by atoms with Crippen molar-refractivity contribution in [2.45, 2.75) is 42.8 Å². The number of thioether (sulfide) groups is 1. The van der Waals surface area contributed by atoms with E-state index < -0.39 is 0 Å². The lowest BCUT2D eigenvalue weighted by Gasteiger charge is -2.18. The van der Waals surface area contributed by atoms with Gasteiger partial charge in [-0.25, -0.2) is 4.98 Å². The Labute approximate surface area is 158 Å². The molecule has 25 heavy (non-hydrogen) atoms. The predicted octanol–water partition coefficient (Wildman–Crippen LogP) is 3.79. The fraction of sp³-hybridized carbons (Fsp3) is 0.474. The highest BCUT2D eigenvalue weighted by Gasteiger charge is 2.43. The molecule has 0 bridgehead atoms. The first-order valence-electron chi connectivity index (χ1n) is 8.72. The monoisotopic (exact) mass is 374 g/mol. The Bertz CT molecular complexity index is 701. The van der Waals surface area contributed by atoms with Gasteiger partial charge in [-0.05, 0) is 38.8 Å². The largest absolute Gasteiger partial charge is 0.356 e. The van der Waals surface area contributed by atoms with Crippen molar-refractivity contribution in [3.05, 3.63) is 45.9 Å². The molecular weight excluding hydrogens is 348 g/mol. The maximum atomic E-state index is 4.59. The first kappa shape index (κ1) is 18.3. The summed E-state index contributed by atoms with van der Waals surface area (Å²) in [5.74, 6) is 0.880. The molecule has 0 atom stereocenters. The maximum absolute atomic E-state index is 4.59. The minimum absolute atomic E-state index is 0.322. The molecule has 1 aliphatic carbocycles. The van der Waals surface area contributed by atoms with Gasteiger partial charge in [0.25, 0.3) is 0 Å². The molecule has 2 aromatic rings. The zero-order chi connectivity index (χ0) is 17.7. The highest BCUT2D eigenvalue weighted by molar-refractivity contribution is 8.01. The van der Waals surface area contributed by atoms with E-state index in [-0.39, 0.29) is 0 Å². The van der Waals surface area contributed by atoms with Crippen molar-refractivity contribution in [3.63, 3.8) is 0 Å². The molecule has 1 fully saturated rings. The second-order valence-corrected chi connectivity index (χ2v) is 9.28. The van der Waals surface area contributed by atoms with Crippen LogP contribution in [0.1, 0.15) is 28.4 Å². The molecule has 1 aliphatic rings. The molecule has 0 unspecified atom stereocenters. The van der Waals surface area contributed by atoms with E-state index in [1.807, 2.05) is 18.8 Å². The van der Waals surface area contributed by atoms with Crippen LogP contribution in [0.2, 0.25) is 0 Å². The summed E-state index contributed by atoms with van der Waals surface area (Å²) in [4.78, 5) is 11.6. The van der Waals surface area contributed by atoms with E-state index in [1.54, 1.807) is 11.3 Å². The fourth-order valence-electron chi connectivity index (χ4n) is 2.59. The van der Waals surface area contributed by atoms with Gasteiger partial charge in [-0.1, -0.05) is 18.2 Å². The molecule has 6 heteroatoms. The third-order valence-electron chi connectivity index (χ3n) is 4.39. The minimum Gasteiger partial charge on any atom is -0.356 e. The summed E-state index contributed by atoms with van der Waals surface area (Å²) >= 11 is 3.77. The van der Waals surface area contributed by atoms with E-state index in [4.69, 9.17) is 0 Å². The second kappa shape index (κ2) is 8.23. The Morgan fingerprint density at radius 3 is 2.60 bits per heavy atom. The molecule has 0 aliphatic heterocycles. The molecule has 1 aromatic heterocycles. The Kier molecular flexibility index (Phi) is 6.02. The number of aryl methyl sites for hydroxylation is 2. The lowest BCUT2D eigenvalue weighted by Crippen LogP contribution is -2.41. The molecular formula is C19H26N4S2. The van der Waals surface area contributed by atoms with Gasteiger partial charge in [-0.2, -0.15) is 0 Å². The molecule has 0 radical (unpaired) electrons. The lowest BCUT2D eigenvalue weighted by molar-refractivity contribution is 0.759. The highest BCUT2D eigenvalue weighted by Crippen LogP contribution is 2.51. The van der Waals surface area contributed by atoms with Gasteiger partial charge in [0, 0.05) is 41.1 Å². The normalized spacial score (nSPS) is 15.9. The van der Waals surface area contributed by atoms with Crippen LogP contribution in [0, 0.1) is 13.8 Å². The Balaban J connectivity index is 1.43. The van der Waals surface area contributed by atoms with Crippen LogP contribution >= 0.6 is 23.1 Å². The third-order valence-corrected chi connectivity index (χ3v) is 7.02. The topological polar surface area (TPSA) is 49.3 Å². The van der Waals surface area contributed by atoms with E-state index >= 15 is 0 Å². The number of rotatable bonds is 7. The van der Waals surface area contributed by atoms with E-state index in [0.717, 1.165) is 31.2 Å². The summed E-state index contributed by atoms with van der Waals surface area (Å²) < 4.78 is 0.322. The van der Waals surface area contributed by atoms with Crippen molar-refractivity contribution in [2.75, 3.05) is 20.1 Å². The number of thiazole rings is 1. The van der Waals surface area contributed by atoms with Crippen molar-refractivity contribution in [2.24, 2.45) is 4.99 Å². The van der Waals surface area contributed by atoms with Crippen LogP contribution in [0.4, 0.5) is 0 Å². The van der Waals surface area contributed by atoms with Crippen LogP contribution in [-0.2, 0) is 6.42 Å². The van der Waals surface area contributed by atoms with Crippen molar-refractivity contribution in [1.29, 1.82) is 0 Å². The number of aromatic nitrogens is 1. The molecule has 3 rings (SSSR count). The Hall–Kier alpha value is -1.53. The predicted molar refractivity (Wildman–Crippen MR) is 109 cm³/mol. The van der Waals surface area contributed by atoms with Gasteiger partial charge in [0.2, 0.25) is 0 Å². The SMILES string of the molecule is CN=C(NCCc1nc(C)c(C)s1)NCC1(Sc2ccccc2)CC1. The molecule has 134 valence electrons. The average molecular weight is 375 g/mol. The third kappa shape index (κ3) is 5.22. The number of aliphatic imine (C=N–C) groups is 1. The fourth-order valence-corrected chi connectivity index (χ4v) is 4.77. The number of hydrogen-bond acceptors (Lipinski definition) is 4. The van der Waals surface area contributed by atoms with Gasteiger partial charge in [0.05, 0.1) is 10.7 Å². The van der Waals surface area contributed by atoms with Gasteiger partial charge in [-0.15, -0.1) is 23.1 Å². The summed E-state index contributed by atoms with van der Waals surface area (Å²) in [6, 6.07) is 10.7. The number of hydrogen-bond donors (Lipinski definition) is 2. The molecule has 2 N–H and O–H groups in total. The van der Waals surface area contributed by atoms with Crippen LogP contribution < -0.4 is 10.6 Å². The van der Waals surface area contributed by atoms with Crippen LogP contribution in [0.25, 0.3) is 0 Å². The van der Waals surface area contributed by atoms with E-state index in [2.05, 4.69) is 64.8 Å². The van der Waals surface area contributed by atoms with Gasteiger partial charge in [0.1, 0.15) is 0 Å². The van der Waals surface area contributed by atoms with E-state index in [1.165, 1.54) is 27.6 Å². The van der Waals surface area contributed by atoms with Gasteiger partial charge < -0.3 is 10.6 Å². The van der Waals surface area contributed by atoms with Gasteiger partial charge >= 0.3 is 0 Å². The Morgan fingerprint density at radius 2 is 2.00 bits per heavy atom. The average Bonchev–Trinajstić information content (AvgIpc) is 3.30. The number of nitrogens with one attached hydrogen (secondary N) is 2. The Morgan fingerprint density at radius 1 is 1.24 bits per heavy atom. The summed E-state index contributed by atoms with van der Waals surface area (Å²) in [5.41, 5.74) is 1.15. The highest BCUT2D eigenvalue weighted by atomic mass is 32.2. The zero-order valence-corrected chi connectivity index (χ0v) is 16.8. The second-order valence-electron chi connectivity index (χ2n) is 6.45. The van der Waals surface area contributed by atoms with Crippen molar-refractivity contribution < 1.29 is 0 Å². The summed E-state index contributed by atoms with van der Waals surface area (Å²) in [6.45, 7) is 6.00. The molecule has 0 saturated heterocycles. The van der Waals surface area contributed by atoms with Crippen LogP contribution in [0.15, 0.2) is 40.2 Å². The minimum atomic E-state index is 0.322. The molecule has 1 saturated carbocycles. The zero-order valence-electron chi connectivity index (χ0n) is 15.1. The molecule has 0 spiro atoms. The van der Waals surface area contributed by atoms with E-state index in [9.17, 15) is 0 Å². The van der Waals surface area contributed by atoms with Crippen molar-refractivity contribution >= 4 is 29.1 Å². The van der Waals surface area contributed by atoms with Crippen LogP contribution in [0.5, 0.6) is 0 Å². The number of guanidine groups is 1. The van der Waals surface area contributed by atoms with E-state index in [0.29, 0.717) is 4.75 Å². The van der Waals surface area contributed by atoms with Crippen LogP contribution in [0.3, 0.4) is 0 Å². The summed E-state index contributed by atoms with van der Waals surface area (Å²) in [5, 5.41) is 8.09. The van der Waals surface area contributed by atoms with Crippen molar-refractivity contribution in [1.82, 2.24) is 15.6 Å². The summed E-state index contributed by atoms with van der Waals surface area (Å²) in [7, 11) is 1.83. The van der Waals surface area contributed by atoms with Gasteiger partial charge in [0.15, 0.2) is 5.96 Å². The quantitative estimate of drug-likeness (QED) is 0.572. The first-order valence-corrected chi connectivity index (χ1v) is 10.3. The summed E-state index contributed by atoms with van der Waals surface area (Å²) in [6.07, 6.45) is 3.45. The lowest BCUT2D eigenvalue weighted by atomic mass is 10.4. The van der Waals surface area contributed by atoms with Gasteiger partial charge in [-0.3, -0.25) is 4.99 Å². The molecule has 1 aromatic carbocycles. The number of nitrogens with zero attached hydrogens (tertiary/aromatic N) is 2. The van der Waals surface area contributed by atoms with Crippen LogP contribution in [-0.4, -0.2) is 35.8 Å². The van der Waals surface area contributed by atoms with Crippen molar-refractivity contribution in [3.8, 4) is 0 Å². The molecule has 4 nitrogen and oxygen atoms in total. The first-order chi connectivity index (χ1) is 12.1. The standard InChI is InChI=1S/C19H26N4S2/c1-14-15(2)24-17(23-14)9-12-21-18(20-3)22-13-19(10-11-19)25-16-7-5-4-6-8-16/h4-8H,9-13H2,1-3H3,(H2,20,21,22). The number of benzene rings is 1. The smallest absolute Gasteiger partial charge is 0.191 e. The molecule has 0 amide bonds. The molecule has 1 heterocycles.